The molecule has 0 aromatic heterocycles. The largest absolute Gasteiger partial charge is 0.492 e. The normalized spacial score (nSPS) is 13.8. The van der Waals surface area contributed by atoms with Gasteiger partial charge in [-0.25, -0.2) is 0 Å². The van der Waals surface area contributed by atoms with Gasteiger partial charge in [0.15, 0.2) is 0 Å². The molecule has 1 fully saturated rings. The Kier molecular flexibility index (Phi) is 6.67. The highest BCUT2D eigenvalue weighted by atomic mass is 35.5. The van der Waals surface area contributed by atoms with E-state index in [0.717, 1.165) is 0 Å². The molecule has 9 heteroatoms. The fourth-order valence-corrected chi connectivity index (χ4v) is 2.93. The number of morpholine rings is 1. The van der Waals surface area contributed by atoms with E-state index >= 15 is 0 Å². The predicted octanol–water partition coefficient (Wildman–Crippen LogP) is 3.21. The number of ether oxygens (including phenoxy) is 2. The first-order valence-electron chi connectivity index (χ1n) is 8.82. The maximum absolute atomic E-state index is 12.5. The molecule has 2 aromatic carbocycles. The molecule has 2 aromatic rings. The smallest absolute Gasteiger partial charge is 0.293 e. The van der Waals surface area contributed by atoms with Crippen LogP contribution >= 0.6 is 11.6 Å². The van der Waals surface area contributed by atoms with Crippen molar-refractivity contribution in [1.29, 1.82) is 0 Å². The van der Waals surface area contributed by atoms with Gasteiger partial charge in [-0.3, -0.25) is 14.9 Å². The van der Waals surface area contributed by atoms with Crippen molar-refractivity contribution in [2.45, 2.75) is 0 Å². The summed E-state index contributed by atoms with van der Waals surface area (Å²) in [7, 11) is 0. The van der Waals surface area contributed by atoms with Crippen LogP contribution in [0.25, 0.3) is 0 Å². The number of rotatable bonds is 7. The Hall–Kier alpha value is -2.84. The molecule has 1 N–H and O–H groups in total. The molecular weight excluding hydrogens is 386 g/mol. The van der Waals surface area contributed by atoms with Crippen molar-refractivity contribution in [2.75, 3.05) is 44.8 Å². The first-order chi connectivity index (χ1) is 13.5. The van der Waals surface area contributed by atoms with E-state index in [0.29, 0.717) is 55.9 Å². The molecule has 8 nitrogen and oxygen atoms in total. The van der Waals surface area contributed by atoms with Crippen molar-refractivity contribution in [1.82, 2.24) is 4.90 Å². The molecule has 0 bridgehead atoms. The second kappa shape index (κ2) is 9.38. The topological polar surface area (TPSA) is 93.9 Å². The van der Waals surface area contributed by atoms with Gasteiger partial charge >= 0.3 is 0 Å². The molecule has 1 aliphatic heterocycles. The lowest BCUT2D eigenvalue weighted by Crippen LogP contribution is -2.40. The van der Waals surface area contributed by atoms with Crippen molar-refractivity contribution < 1.29 is 19.2 Å². The molecule has 0 saturated carbocycles. The van der Waals surface area contributed by atoms with E-state index in [4.69, 9.17) is 21.1 Å². The Labute approximate surface area is 167 Å². The molecule has 3 rings (SSSR count). The average Bonchev–Trinajstić information content (AvgIpc) is 2.72. The molecule has 1 aliphatic rings. The van der Waals surface area contributed by atoms with Crippen LogP contribution in [0.15, 0.2) is 42.5 Å². The molecule has 0 spiro atoms. The van der Waals surface area contributed by atoms with Crippen LogP contribution in [0.2, 0.25) is 5.02 Å². The molecule has 1 heterocycles. The van der Waals surface area contributed by atoms with Gasteiger partial charge in [0.05, 0.1) is 18.1 Å². The van der Waals surface area contributed by atoms with Gasteiger partial charge in [-0.1, -0.05) is 11.6 Å². The summed E-state index contributed by atoms with van der Waals surface area (Å²) < 4.78 is 10.8. The highest BCUT2D eigenvalue weighted by molar-refractivity contribution is 6.30. The molecule has 1 amide bonds. The van der Waals surface area contributed by atoms with E-state index in [1.165, 1.54) is 6.07 Å². The van der Waals surface area contributed by atoms with Crippen molar-refractivity contribution in [3.8, 4) is 5.75 Å². The monoisotopic (exact) mass is 405 g/mol. The summed E-state index contributed by atoms with van der Waals surface area (Å²) in [5.74, 6) is 0.427. The van der Waals surface area contributed by atoms with Gasteiger partial charge in [0, 0.05) is 36.3 Å². The van der Waals surface area contributed by atoms with Crippen molar-refractivity contribution in [2.24, 2.45) is 0 Å². The number of benzene rings is 2. The third-order valence-electron chi connectivity index (χ3n) is 4.24. The quantitative estimate of drug-likeness (QED) is 0.432. The van der Waals surface area contributed by atoms with E-state index in [-0.39, 0.29) is 17.2 Å². The minimum atomic E-state index is -0.502. The molecule has 148 valence electrons. The number of nitro groups is 1. The summed E-state index contributed by atoms with van der Waals surface area (Å²) in [6, 6.07) is 11.4. The van der Waals surface area contributed by atoms with Crippen LogP contribution in [0.5, 0.6) is 5.75 Å². The molecule has 0 atom stereocenters. The van der Waals surface area contributed by atoms with E-state index in [2.05, 4.69) is 5.32 Å². The fourth-order valence-electron chi connectivity index (χ4n) is 2.80. The van der Waals surface area contributed by atoms with Crippen LogP contribution in [0.3, 0.4) is 0 Å². The van der Waals surface area contributed by atoms with Crippen LogP contribution in [-0.4, -0.2) is 55.2 Å². The van der Waals surface area contributed by atoms with Gasteiger partial charge < -0.3 is 19.7 Å². The van der Waals surface area contributed by atoms with E-state index in [1.807, 2.05) is 0 Å². The lowest BCUT2D eigenvalue weighted by Gasteiger charge is -2.26. The van der Waals surface area contributed by atoms with E-state index in [1.54, 1.807) is 41.3 Å². The van der Waals surface area contributed by atoms with Gasteiger partial charge in [0.2, 0.25) is 0 Å². The van der Waals surface area contributed by atoms with Gasteiger partial charge in [0.1, 0.15) is 18.0 Å². The zero-order valence-corrected chi connectivity index (χ0v) is 15.9. The first kappa shape index (κ1) is 19.9. The zero-order valence-electron chi connectivity index (χ0n) is 15.1. The molecule has 0 aliphatic carbocycles. The maximum Gasteiger partial charge on any atom is 0.293 e. The molecule has 0 unspecified atom stereocenters. The van der Waals surface area contributed by atoms with Crippen molar-refractivity contribution in [3.63, 3.8) is 0 Å². The van der Waals surface area contributed by atoms with Crippen molar-refractivity contribution >= 4 is 28.9 Å². The molecular formula is C19H20ClN3O5. The highest BCUT2D eigenvalue weighted by Crippen LogP contribution is 2.26. The molecule has 0 radical (unpaired) electrons. The Morgan fingerprint density at radius 1 is 1.21 bits per heavy atom. The number of carbonyl (C=O) groups is 1. The summed E-state index contributed by atoms with van der Waals surface area (Å²) in [6.07, 6.45) is 0. The van der Waals surface area contributed by atoms with Gasteiger partial charge in [0.25, 0.3) is 11.6 Å². The Balaban J connectivity index is 1.61. The molecule has 28 heavy (non-hydrogen) atoms. The number of hydrogen-bond acceptors (Lipinski definition) is 6. The lowest BCUT2D eigenvalue weighted by molar-refractivity contribution is -0.384. The van der Waals surface area contributed by atoms with Crippen LogP contribution in [0, 0.1) is 10.1 Å². The Morgan fingerprint density at radius 2 is 1.93 bits per heavy atom. The number of halogens is 1. The van der Waals surface area contributed by atoms with Crippen molar-refractivity contribution in [3.05, 3.63) is 63.2 Å². The summed E-state index contributed by atoms with van der Waals surface area (Å²) in [5.41, 5.74) is 0.477. The standard InChI is InChI=1S/C19H20ClN3O5/c20-15-2-4-16(5-3-15)28-10-7-21-17-6-1-14(13-18(17)23(25)26)19(24)22-8-11-27-12-9-22/h1-6,13,21H,7-12H2. The van der Waals surface area contributed by atoms with Crippen LogP contribution < -0.4 is 10.1 Å². The number of amides is 1. The first-order valence-corrected chi connectivity index (χ1v) is 9.20. The highest BCUT2D eigenvalue weighted by Gasteiger charge is 2.22. The predicted molar refractivity (Wildman–Crippen MR) is 105 cm³/mol. The minimum Gasteiger partial charge on any atom is -0.492 e. The second-order valence-electron chi connectivity index (χ2n) is 6.12. The fraction of sp³-hybridized carbons (Fsp3) is 0.316. The number of hydrogen-bond donors (Lipinski definition) is 1. The zero-order chi connectivity index (χ0) is 19.9. The van der Waals surface area contributed by atoms with Crippen LogP contribution in [0.4, 0.5) is 11.4 Å². The summed E-state index contributed by atoms with van der Waals surface area (Å²) >= 11 is 5.82. The lowest BCUT2D eigenvalue weighted by atomic mass is 10.1. The maximum atomic E-state index is 12.5. The van der Waals surface area contributed by atoms with E-state index in [9.17, 15) is 14.9 Å². The number of carbonyl (C=O) groups excluding carboxylic acids is 1. The van der Waals surface area contributed by atoms with Gasteiger partial charge in [-0.2, -0.15) is 0 Å². The SMILES string of the molecule is O=C(c1ccc(NCCOc2ccc(Cl)cc2)c([N+](=O)[O-])c1)N1CCOCC1. The molecule has 1 saturated heterocycles. The van der Waals surface area contributed by atoms with Crippen LogP contribution in [-0.2, 0) is 4.74 Å². The summed E-state index contributed by atoms with van der Waals surface area (Å²) in [6.45, 7) is 2.58. The summed E-state index contributed by atoms with van der Waals surface area (Å²) in [5, 5.41) is 15.0. The third-order valence-corrected chi connectivity index (χ3v) is 4.49. The number of nitro benzene ring substituents is 1. The Bertz CT molecular complexity index is 838. The Morgan fingerprint density at radius 3 is 2.61 bits per heavy atom. The number of nitrogens with zero attached hydrogens (tertiary/aromatic N) is 2. The second-order valence-corrected chi connectivity index (χ2v) is 6.56. The van der Waals surface area contributed by atoms with E-state index < -0.39 is 4.92 Å². The van der Waals surface area contributed by atoms with Crippen LogP contribution in [0.1, 0.15) is 10.4 Å². The number of nitrogens with one attached hydrogen (secondary N) is 1. The number of anilines is 1. The summed E-state index contributed by atoms with van der Waals surface area (Å²) in [4.78, 5) is 25.1. The third kappa shape index (κ3) is 5.11. The average molecular weight is 406 g/mol. The van der Waals surface area contributed by atoms with Gasteiger partial charge in [-0.05, 0) is 36.4 Å². The minimum absolute atomic E-state index is 0.148. The van der Waals surface area contributed by atoms with Gasteiger partial charge in [-0.15, -0.1) is 0 Å².